The number of nitro benzene ring substituents is 1. The van der Waals surface area contributed by atoms with E-state index in [-0.39, 0.29) is 33.9 Å². The molecule has 1 aromatic heterocycles. The number of furan rings is 1. The Bertz CT molecular complexity index is 721. The lowest BCUT2D eigenvalue weighted by molar-refractivity contribution is -0.385. The van der Waals surface area contributed by atoms with Gasteiger partial charge >= 0.3 is 11.7 Å². The lowest BCUT2D eigenvalue weighted by Crippen LogP contribution is -2.05. The van der Waals surface area contributed by atoms with Gasteiger partial charge in [-0.2, -0.15) is 0 Å². The molecule has 0 aliphatic rings. The van der Waals surface area contributed by atoms with E-state index in [1.807, 2.05) is 0 Å². The molecule has 2 aromatic rings. The number of fused-ring (bicyclic) bond motifs is 1. The third-order valence-corrected chi connectivity index (χ3v) is 3.09. The molecule has 20 heavy (non-hydrogen) atoms. The van der Waals surface area contributed by atoms with Gasteiger partial charge in [0.2, 0.25) is 5.75 Å². The number of carbonyl (C=O) groups excluding carboxylic acids is 1. The number of nitrogens with zero attached hydrogens (tertiary/aromatic N) is 1. The molecule has 0 saturated heterocycles. The number of carbonyl (C=O) groups is 1. The molecule has 0 unspecified atom stereocenters. The highest BCUT2D eigenvalue weighted by atomic mass is 35.5. The molecule has 0 aliphatic heterocycles. The monoisotopic (exact) mass is 299 g/mol. The first-order valence-corrected chi connectivity index (χ1v) is 6.02. The van der Waals surface area contributed by atoms with Gasteiger partial charge in [0, 0.05) is 0 Å². The van der Waals surface area contributed by atoms with Crippen LogP contribution in [0, 0.1) is 17.0 Å². The van der Waals surface area contributed by atoms with Crippen LogP contribution in [0.25, 0.3) is 11.0 Å². The van der Waals surface area contributed by atoms with Gasteiger partial charge in [0.15, 0.2) is 0 Å². The van der Waals surface area contributed by atoms with Crippen molar-refractivity contribution >= 4 is 34.2 Å². The number of hydrogen-bond donors (Lipinski definition) is 1. The summed E-state index contributed by atoms with van der Waals surface area (Å²) in [5, 5.41) is 20.3. The van der Waals surface area contributed by atoms with Crippen molar-refractivity contribution in [2.24, 2.45) is 0 Å². The quantitative estimate of drug-likeness (QED) is 0.530. The van der Waals surface area contributed by atoms with E-state index in [4.69, 9.17) is 20.8 Å². The van der Waals surface area contributed by atoms with Crippen LogP contribution in [0.4, 0.5) is 5.69 Å². The summed E-state index contributed by atoms with van der Waals surface area (Å²) >= 11 is 5.92. The Kier molecular flexibility index (Phi) is 3.54. The number of phenols is 1. The van der Waals surface area contributed by atoms with Crippen LogP contribution in [0.3, 0.4) is 0 Å². The Balaban J connectivity index is 2.80. The Labute approximate surface area is 117 Å². The highest BCUT2D eigenvalue weighted by molar-refractivity contribution is 6.38. The fraction of sp³-hybridized carbons (Fsp3) is 0.250. The van der Waals surface area contributed by atoms with Crippen molar-refractivity contribution in [3.8, 4) is 5.75 Å². The van der Waals surface area contributed by atoms with Gasteiger partial charge in [0.25, 0.3) is 0 Å². The van der Waals surface area contributed by atoms with Crippen LogP contribution in [-0.4, -0.2) is 22.6 Å². The summed E-state index contributed by atoms with van der Waals surface area (Å²) in [6.07, 6.45) is 0. The van der Waals surface area contributed by atoms with Gasteiger partial charge < -0.3 is 14.3 Å². The molecule has 1 aromatic carbocycles. The standard InChI is InChI=1S/C12H10ClNO6/c1-3-19-12(16)8-5(2)20-7-4-6(14(17)18)11(15)10(13)9(7)8/h4,15H,3H2,1-2H3. The molecule has 8 heteroatoms. The molecular formula is C12H10ClNO6. The molecule has 0 fully saturated rings. The molecule has 0 saturated carbocycles. The van der Waals surface area contributed by atoms with Crippen molar-refractivity contribution in [3.05, 3.63) is 32.5 Å². The summed E-state index contributed by atoms with van der Waals surface area (Å²) in [7, 11) is 0. The van der Waals surface area contributed by atoms with E-state index in [1.54, 1.807) is 6.92 Å². The highest BCUT2D eigenvalue weighted by Crippen LogP contribution is 2.43. The van der Waals surface area contributed by atoms with Gasteiger partial charge in [-0.25, -0.2) is 4.79 Å². The first kappa shape index (κ1) is 14.1. The lowest BCUT2D eigenvalue weighted by atomic mass is 10.1. The smallest absolute Gasteiger partial charge is 0.342 e. The van der Waals surface area contributed by atoms with E-state index in [9.17, 15) is 20.0 Å². The predicted molar refractivity (Wildman–Crippen MR) is 70.2 cm³/mol. The van der Waals surface area contributed by atoms with Crippen molar-refractivity contribution in [3.63, 3.8) is 0 Å². The molecular weight excluding hydrogens is 290 g/mol. The second-order valence-corrected chi connectivity index (χ2v) is 4.32. The number of halogens is 1. The molecule has 1 heterocycles. The first-order chi connectivity index (χ1) is 9.38. The third kappa shape index (κ3) is 2.05. The fourth-order valence-corrected chi connectivity index (χ4v) is 2.18. The summed E-state index contributed by atoms with van der Waals surface area (Å²) in [6, 6.07) is 1.02. The van der Waals surface area contributed by atoms with Crippen LogP contribution in [0.15, 0.2) is 10.5 Å². The van der Waals surface area contributed by atoms with Gasteiger partial charge in [0.05, 0.1) is 23.0 Å². The third-order valence-electron chi connectivity index (χ3n) is 2.73. The normalized spacial score (nSPS) is 10.8. The molecule has 0 bridgehead atoms. The second kappa shape index (κ2) is 5.01. The molecule has 0 atom stereocenters. The number of hydrogen-bond acceptors (Lipinski definition) is 6. The molecule has 1 N–H and O–H groups in total. The lowest BCUT2D eigenvalue weighted by Gasteiger charge is -2.03. The number of esters is 1. The maximum Gasteiger partial charge on any atom is 0.342 e. The van der Waals surface area contributed by atoms with Crippen LogP contribution in [-0.2, 0) is 4.74 Å². The van der Waals surface area contributed by atoms with E-state index in [2.05, 4.69) is 0 Å². The molecule has 0 spiro atoms. The van der Waals surface area contributed by atoms with Crippen molar-refractivity contribution in [1.82, 2.24) is 0 Å². The van der Waals surface area contributed by atoms with Gasteiger partial charge in [-0.1, -0.05) is 11.6 Å². The van der Waals surface area contributed by atoms with Gasteiger partial charge in [-0.05, 0) is 13.8 Å². The van der Waals surface area contributed by atoms with E-state index < -0.39 is 22.3 Å². The van der Waals surface area contributed by atoms with Crippen LogP contribution in [0.2, 0.25) is 5.02 Å². The maximum atomic E-state index is 11.9. The SMILES string of the molecule is CCOC(=O)c1c(C)oc2cc([N+](=O)[O-])c(O)c(Cl)c12. The van der Waals surface area contributed by atoms with Crippen molar-refractivity contribution < 1.29 is 24.0 Å². The minimum Gasteiger partial charge on any atom is -0.501 e. The van der Waals surface area contributed by atoms with E-state index >= 15 is 0 Å². The van der Waals surface area contributed by atoms with E-state index in [0.29, 0.717) is 0 Å². The fourth-order valence-electron chi connectivity index (χ4n) is 1.90. The average Bonchev–Trinajstić information content (AvgIpc) is 2.70. The zero-order valence-corrected chi connectivity index (χ0v) is 11.4. The minimum atomic E-state index is -0.789. The average molecular weight is 300 g/mol. The zero-order chi connectivity index (χ0) is 15.0. The number of rotatable bonds is 3. The number of aryl methyl sites for hydroxylation is 1. The second-order valence-electron chi connectivity index (χ2n) is 3.94. The molecule has 2 rings (SSSR count). The highest BCUT2D eigenvalue weighted by Gasteiger charge is 2.28. The Hall–Kier alpha value is -2.28. The Morgan fingerprint density at radius 1 is 1.60 bits per heavy atom. The zero-order valence-electron chi connectivity index (χ0n) is 10.6. The van der Waals surface area contributed by atoms with Gasteiger partial charge in [-0.3, -0.25) is 10.1 Å². The minimum absolute atomic E-state index is 0.0417. The summed E-state index contributed by atoms with van der Waals surface area (Å²) < 4.78 is 10.2. The summed E-state index contributed by atoms with van der Waals surface area (Å²) in [5.74, 6) is -1.17. The molecule has 0 radical (unpaired) electrons. The predicted octanol–water partition coefficient (Wildman–Crippen LogP) is 3.19. The molecule has 106 valence electrons. The van der Waals surface area contributed by atoms with Crippen molar-refractivity contribution in [1.29, 1.82) is 0 Å². The van der Waals surface area contributed by atoms with Crippen LogP contribution >= 0.6 is 11.6 Å². The van der Waals surface area contributed by atoms with Crippen LogP contribution in [0.1, 0.15) is 23.0 Å². The van der Waals surface area contributed by atoms with E-state index in [1.165, 1.54) is 6.92 Å². The number of benzene rings is 1. The van der Waals surface area contributed by atoms with E-state index in [0.717, 1.165) is 6.07 Å². The molecule has 7 nitrogen and oxygen atoms in total. The summed E-state index contributed by atoms with van der Waals surface area (Å²) in [5.41, 5.74) is -0.497. The van der Waals surface area contributed by atoms with Crippen molar-refractivity contribution in [2.45, 2.75) is 13.8 Å². The number of nitro groups is 1. The molecule has 0 aliphatic carbocycles. The van der Waals surface area contributed by atoms with Crippen LogP contribution in [0.5, 0.6) is 5.75 Å². The van der Waals surface area contributed by atoms with Crippen LogP contribution < -0.4 is 0 Å². The summed E-state index contributed by atoms with van der Waals surface area (Å²) in [6.45, 7) is 3.30. The topological polar surface area (TPSA) is 103 Å². The number of phenolic OH excluding ortho intramolecular Hbond substituents is 1. The maximum absolute atomic E-state index is 11.9. The summed E-state index contributed by atoms with van der Waals surface area (Å²) in [4.78, 5) is 21.9. The van der Waals surface area contributed by atoms with Gasteiger partial charge in [-0.15, -0.1) is 0 Å². The Morgan fingerprint density at radius 2 is 2.25 bits per heavy atom. The Morgan fingerprint density at radius 3 is 2.80 bits per heavy atom. The first-order valence-electron chi connectivity index (χ1n) is 5.64. The largest absolute Gasteiger partial charge is 0.501 e. The van der Waals surface area contributed by atoms with Gasteiger partial charge in [0.1, 0.15) is 21.9 Å². The number of aromatic hydroxyl groups is 1. The number of ether oxygens (including phenoxy) is 1. The van der Waals surface area contributed by atoms with Crippen molar-refractivity contribution in [2.75, 3.05) is 6.61 Å². The molecule has 0 amide bonds.